The van der Waals surface area contributed by atoms with Gasteiger partial charge in [-0.1, -0.05) is 29.9 Å². The molecule has 0 unspecified atom stereocenters. The van der Waals surface area contributed by atoms with Gasteiger partial charge in [0.2, 0.25) is 0 Å². The largest absolute Gasteiger partial charge is 0.466 e. The SMILES string of the molecule is C=C(S/C(=C(\C)C(=O)OC)c1ccc(F)cc1Cl)c1nccs1. The van der Waals surface area contributed by atoms with Crippen molar-refractivity contribution in [3.63, 3.8) is 0 Å². The molecule has 0 bridgehead atoms. The highest BCUT2D eigenvalue weighted by Gasteiger charge is 2.19. The van der Waals surface area contributed by atoms with Crippen LogP contribution in [0.2, 0.25) is 5.02 Å². The van der Waals surface area contributed by atoms with Gasteiger partial charge in [0, 0.05) is 32.5 Å². The number of nitrogens with zero attached hydrogens (tertiary/aromatic N) is 1. The van der Waals surface area contributed by atoms with Crippen LogP contribution in [-0.2, 0) is 9.53 Å². The average molecular weight is 370 g/mol. The molecule has 0 aliphatic rings. The van der Waals surface area contributed by atoms with Crippen molar-refractivity contribution in [3.05, 3.63) is 63.3 Å². The number of thiazole rings is 1. The summed E-state index contributed by atoms with van der Waals surface area (Å²) in [6, 6.07) is 4.02. The van der Waals surface area contributed by atoms with Crippen molar-refractivity contribution in [1.82, 2.24) is 4.98 Å². The lowest BCUT2D eigenvalue weighted by molar-refractivity contribution is -0.135. The van der Waals surface area contributed by atoms with E-state index in [1.165, 1.54) is 48.4 Å². The summed E-state index contributed by atoms with van der Waals surface area (Å²) in [4.78, 5) is 17.3. The number of benzene rings is 1. The lowest BCUT2D eigenvalue weighted by Gasteiger charge is -2.13. The van der Waals surface area contributed by atoms with Crippen LogP contribution in [0.5, 0.6) is 0 Å². The van der Waals surface area contributed by atoms with Crippen molar-refractivity contribution in [2.45, 2.75) is 6.92 Å². The number of thioether (sulfide) groups is 1. The third-order valence-corrected chi connectivity index (χ3v) is 5.35. The summed E-state index contributed by atoms with van der Waals surface area (Å²) in [5.41, 5.74) is 0.905. The van der Waals surface area contributed by atoms with Crippen LogP contribution in [0.4, 0.5) is 4.39 Å². The Morgan fingerprint density at radius 3 is 2.78 bits per heavy atom. The molecule has 0 saturated heterocycles. The van der Waals surface area contributed by atoms with E-state index < -0.39 is 11.8 Å². The first kappa shape index (κ1) is 17.7. The third kappa shape index (κ3) is 4.22. The molecule has 1 heterocycles. The monoisotopic (exact) mass is 369 g/mol. The second-order valence-electron chi connectivity index (χ2n) is 4.43. The first-order valence-corrected chi connectivity index (χ1v) is 8.52. The molecule has 1 aromatic carbocycles. The van der Waals surface area contributed by atoms with Crippen LogP contribution < -0.4 is 0 Å². The number of halogens is 2. The van der Waals surface area contributed by atoms with Gasteiger partial charge in [-0.2, -0.15) is 0 Å². The summed E-state index contributed by atoms with van der Waals surface area (Å²) in [6.45, 7) is 5.61. The Hall–Kier alpha value is -1.63. The molecule has 0 aliphatic heterocycles. The van der Waals surface area contributed by atoms with Gasteiger partial charge < -0.3 is 4.74 Å². The van der Waals surface area contributed by atoms with Gasteiger partial charge in [0.1, 0.15) is 10.8 Å². The van der Waals surface area contributed by atoms with E-state index >= 15 is 0 Å². The third-order valence-electron chi connectivity index (χ3n) is 2.90. The molecule has 0 amide bonds. The quantitative estimate of drug-likeness (QED) is 0.533. The van der Waals surface area contributed by atoms with Crippen molar-refractivity contribution in [2.24, 2.45) is 0 Å². The minimum absolute atomic E-state index is 0.211. The molecule has 3 nitrogen and oxygen atoms in total. The molecule has 0 aliphatic carbocycles. The Bertz CT molecular complexity index is 772. The number of hydrogen-bond acceptors (Lipinski definition) is 5. The van der Waals surface area contributed by atoms with Crippen LogP contribution in [0, 0.1) is 5.82 Å². The number of hydrogen-bond donors (Lipinski definition) is 0. The molecular weight excluding hydrogens is 357 g/mol. The Balaban J connectivity index is 2.48. The first-order valence-electron chi connectivity index (χ1n) is 6.45. The molecule has 0 saturated carbocycles. The van der Waals surface area contributed by atoms with Gasteiger partial charge in [-0.25, -0.2) is 14.2 Å². The topological polar surface area (TPSA) is 39.2 Å². The maximum absolute atomic E-state index is 13.3. The lowest BCUT2D eigenvalue weighted by Crippen LogP contribution is -2.04. The molecule has 0 N–H and O–H groups in total. The van der Waals surface area contributed by atoms with E-state index in [2.05, 4.69) is 11.6 Å². The van der Waals surface area contributed by atoms with Crippen molar-refractivity contribution >= 4 is 50.5 Å². The normalized spacial score (nSPS) is 11.8. The zero-order valence-corrected chi connectivity index (χ0v) is 14.8. The van der Waals surface area contributed by atoms with E-state index in [1.54, 1.807) is 13.1 Å². The van der Waals surface area contributed by atoms with E-state index in [-0.39, 0.29) is 5.02 Å². The molecule has 23 heavy (non-hydrogen) atoms. The second-order valence-corrected chi connectivity index (χ2v) is 6.84. The van der Waals surface area contributed by atoms with Crippen molar-refractivity contribution < 1.29 is 13.9 Å². The summed E-state index contributed by atoms with van der Waals surface area (Å²) in [5, 5.41) is 2.79. The maximum atomic E-state index is 13.3. The molecule has 2 rings (SSSR count). The molecule has 2 aromatic rings. The van der Waals surface area contributed by atoms with Gasteiger partial charge in [-0.15, -0.1) is 11.3 Å². The van der Waals surface area contributed by atoms with Gasteiger partial charge in [0.25, 0.3) is 0 Å². The van der Waals surface area contributed by atoms with Gasteiger partial charge in [-0.3, -0.25) is 0 Å². The summed E-state index contributed by atoms with van der Waals surface area (Å²) < 4.78 is 18.1. The van der Waals surface area contributed by atoms with E-state index in [9.17, 15) is 9.18 Å². The number of carbonyl (C=O) groups excluding carboxylic acids is 1. The smallest absolute Gasteiger partial charge is 0.334 e. The predicted octanol–water partition coefficient (Wildman–Crippen LogP) is 5.24. The number of methoxy groups -OCH3 is 1. The van der Waals surface area contributed by atoms with Crippen molar-refractivity contribution in [1.29, 1.82) is 0 Å². The van der Waals surface area contributed by atoms with Crippen LogP contribution in [0.25, 0.3) is 9.81 Å². The van der Waals surface area contributed by atoms with Crippen LogP contribution in [0.15, 0.2) is 41.9 Å². The molecular formula is C16H13ClFNO2S2. The van der Waals surface area contributed by atoms with E-state index in [4.69, 9.17) is 16.3 Å². The van der Waals surface area contributed by atoms with Crippen LogP contribution in [0.3, 0.4) is 0 Å². The lowest BCUT2D eigenvalue weighted by atomic mass is 10.1. The van der Waals surface area contributed by atoms with Gasteiger partial charge in [-0.05, 0) is 25.1 Å². The molecule has 0 radical (unpaired) electrons. The van der Waals surface area contributed by atoms with Crippen molar-refractivity contribution in [2.75, 3.05) is 7.11 Å². The highest BCUT2D eigenvalue weighted by Crippen LogP contribution is 2.43. The molecule has 1 aromatic heterocycles. The minimum Gasteiger partial charge on any atom is -0.466 e. The number of ether oxygens (including phenoxy) is 1. The number of carbonyl (C=O) groups is 1. The highest BCUT2D eigenvalue weighted by atomic mass is 35.5. The summed E-state index contributed by atoms with van der Waals surface area (Å²) in [7, 11) is 1.30. The zero-order valence-electron chi connectivity index (χ0n) is 12.4. The Kier molecular flexibility index (Phi) is 5.98. The van der Waals surface area contributed by atoms with Crippen LogP contribution in [0.1, 0.15) is 17.5 Å². The minimum atomic E-state index is -0.486. The fraction of sp³-hybridized carbons (Fsp3) is 0.125. The summed E-state index contributed by atoms with van der Waals surface area (Å²) in [5.74, 6) is -0.933. The number of rotatable bonds is 5. The van der Waals surface area contributed by atoms with E-state index in [0.29, 0.717) is 20.9 Å². The number of aromatic nitrogens is 1. The van der Waals surface area contributed by atoms with Gasteiger partial charge >= 0.3 is 5.97 Å². The second kappa shape index (κ2) is 7.77. The number of esters is 1. The standard InChI is InChI=1S/C16H13ClFNO2S2/c1-9(16(20)21-3)14(12-5-4-11(18)8-13(12)17)23-10(2)15-19-6-7-22-15/h4-8H,2H2,1,3H3/b14-9+. The Morgan fingerprint density at radius 1 is 1.48 bits per heavy atom. The molecule has 0 spiro atoms. The highest BCUT2D eigenvalue weighted by molar-refractivity contribution is 8.16. The molecule has 0 fully saturated rings. The molecule has 120 valence electrons. The maximum Gasteiger partial charge on any atom is 0.334 e. The van der Waals surface area contributed by atoms with Crippen LogP contribution >= 0.6 is 34.7 Å². The Morgan fingerprint density at radius 2 is 2.22 bits per heavy atom. The molecule has 7 heteroatoms. The van der Waals surface area contributed by atoms with Crippen LogP contribution in [-0.4, -0.2) is 18.1 Å². The van der Waals surface area contributed by atoms with E-state index in [1.807, 2.05) is 5.38 Å². The van der Waals surface area contributed by atoms with E-state index in [0.717, 1.165) is 5.01 Å². The Labute approximate surface area is 146 Å². The van der Waals surface area contributed by atoms with Crippen molar-refractivity contribution in [3.8, 4) is 0 Å². The zero-order chi connectivity index (χ0) is 17.0. The van der Waals surface area contributed by atoms with Gasteiger partial charge in [0.15, 0.2) is 0 Å². The van der Waals surface area contributed by atoms with Gasteiger partial charge in [0.05, 0.1) is 12.1 Å². The first-order chi connectivity index (χ1) is 10.9. The summed E-state index contributed by atoms with van der Waals surface area (Å²) >= 11 is 8.83. The summed E-state index contributed by atoms with van der Waals surface area (Å²) in [6.07, 6.45) is 1.67. The molecule has 0 atom stereocenters. The fourth-order valence-electron chi connectivity index (χ4n) is 1.78. The average Bonchev–Trinajstić information content (AvgIpc) is 3.06. The fourth-order valence-corrected chi connectivity index (χ4v) is 3.78. The predicted molar refractivity (Wildman–Crippen MR) is 94.8 cm³/mol.